The first-order valence-electron chi connectivity index (χ1n) is 3.98. The molecule has 0 amide bonds. The lowest BCUT2D eigenvalue weighted by atomic mass is 9.96. The molecule has 68 valence electrons. The molecule has 1 unspecified atom stereocenters. The summed E-state index contributed by atoms with van der Waals surface area (Å²) in [5.74, 6) is 0. The van der Waals surface area contributed by atoms with Gasteiger partial charge in [0.05, 0.1) is 6.07 Å². The van der Waals surface area contributed by atoms with Gasteiger partial charge in [-0.1, -0.05) is 28.1 Å². The zero-order chi connectivity index (χ0) is 9.90. The monoisotopic (exact) mass is 238 g/mol. The quantitative estimate of drug-likeness (QED) is 0.860. The van der Waals surface area contributed by atoms with Crippen LogP contribution in [0, 0.1) is 11.3 Å². The molecule has 0 heterocycles. The molecule has 0 saturated heterocycles. The second kappa shape index (κ2) is 3.91. The van der Waals surface area contributed by atoms with Gasteiger partial charge in [-0.15, -0.1) is 0 Å². The minimum atomic E-state index is -0.777. The number of halogens is 1. The van der Waals surface area contributed by atoms with Crippen molar-refractivity contribution in [1.29, 1.82) is 5.26 Å². The molecule has 0 fully saturated rings. The molecule has 1 atom stereocenters. The van der Waals surface area contributed by atoms with Gasteiger partial charge in [-0.3, -0.25) is 0 Å². The lowest BCUT2D eigenvalue weighted by Crippen LogP contribution is -2.36. The summed E-state index contributed by atoms with van der Waals surface area (Å²) in [5, 5.41) is 8.74. The van der Waals surface area contributed by atoms with Gasteiger partial charge < -0.3 is 5.73 Å². The van der Waals surface area contributed by atoms with Gasteiger partial charge in [0.25, 0.3) is 0 Å². The summed E-state index contributed by atoms with van der Waals surface area (Å²) in [4.78, 5) is 0. The Morgan fingerprint density at radius 3 is 2.85 bits per heavy atom. The molecule has 0 aliphatic heterocycles. The van der Waals surface area contributed by atoms with Crippen LogP contribution in [0.2, 0.25) is 0 Å². The fourth-order valence-electron chi connectivity index (χ4n) is 1.11. The molecule has 0 aromatic heterocycles. The Balaban J connectivity index is 2.82. The van der Waals surface area contributed by atoms with Gasteiger partial charge in [0.1, 0.15) is 5.54 Å². The Bertz CT molecular complexity index is 339. The van der Waals surface area contributed by atoms with Crippen molar-refractivity contribution in [3.63, 3.8) is 0 Å². The first-order valence-corrected chi connectivity index (χ1v) is 4.77. The molecule has 0 spiro atoms. The summed E-state index contributed by atoms with van der Waals surface area (Å²) in [5.41, 5.74) is 6.02. The second-order valence-electron chi connectivity index (χ2n) is 3.34. The predicted octanol–water partition coefficient (Wildman–Crippen LogP) is 2.23. The van der Waals surface area contributed by atoms with Crippen LogP contribution in [-0.4, -0.2) is 5.54 Å². The molecular formula is C10H11BrN2. The minimum Gasteiger partial charge on any atom is -0.313 e. The number of benzene rings is 1. The molecule has 0 radical (unpaired) electrons. The fraction of sp³-hybridized carbons (Fsp3) is 0.300. The number of hydrogen-bond acceptors (Lipinski definition) is 2. The summed E-state index contributed by atoms with van der Waals surface area (Å²) in [6.45, 7) is 1.73. The molecular weight excluding hydrogens is 228 g/mol. The van der Waals surface area contributed by atoms with Crippen LogP contribution in [0.4, 0.5) is 0 Å². The third-order valence-electron chi connectivity index (χ3n) is 1.72. The average molecular weight is 239 g/mol. The van der Waals surface area contributed by atoms with Crippen molar-refractivity contribution in [2.45, 2.75) is 18.9 Å². The van der Waals surface area contributed by atoms with Crippen LogP contribution in [0.5, 0.6) is 0 Å². The molecule has 13 heavy (non-hydrogen) atoms. The highest BCUT2D eigenvalue weighted by molar-refractivity contribution is 9.10. The smallest absolute Gasteiger partial charge is 0.105 e. The lowest BCUT2D eigenvalue weighted by Gasteiger charge is -2.14. The van der Waals surface area contributed by atoms with Crippen molar-refractivity contribution >= 4 is 15.9 Å². The fourth-order valence-corrected chi connectivity index (χ4v) is 1.56. The second-order valence-corrected chi connectivity index (χ2v) is 4.25. The number of nitrogens with two attached hydrogens (primary N) is 1. The van der Waals surface area contributed by atoms with E-state index in [4.69, 9.17) is 11.0 Å². The van der Waals surface area contributed by atoms with Crippen molar-refractivity contribution < 1.29 is 0 Å². The van der Waals surface area contributed by atoms with E-state index in [9.17, 15) is 0 Å². The first kappa shape index (κ1) is 10.2. The SMILES string of the molecule is CC(N)(C#N)Cc1cccc(Br)c1. The highest BCUT2D eigenvalue weighted by atomic mass is 79.9. The summed E-state index contributed by atoms with van der Waals surface area (Å²) in [6, 6.07) is 9.90. The van der Waals surface area contributed by atoms with Gasteiger partial charge in [0.15, 0.2) is 0 Å². The zero-order valence-corrected chi connectivity index (χ0v) is 9.01. The maximum Gasteiger partial charge on any atom is 0.105 e. The maximum absolute atomic E-state index is 8.74. The number of rotatable bonds is 2. The summed E-state index contributed by atoms with van der Waals surface area (Å²) in [7, 11) is 0. The zero-order valence-electron chi connectivity index (χ0n) is 7.42. The van der Waals surface area contributed by atoms with Gasteiger partial charge in [0.2, 0.25) is 0 Å². The van der Waals surface area contributed by atoms with E-state index in [2.05, 4.69) is 22.0 Å². The molecule has 1 rings (SSSR count). The lowest BCUT2D eigenvalue weighted by molar-refractivity contribution is 0.596. The molecule has 0 aliphatic rings. The summed E-state index contributed by atoms with van der Waals surface area (Å²) in [6.07, 6.45) is 0.572. The van der Waals surface area contributed by atoms with Crippen molar-refractivity contribution in [1.82, 2.24) is 0 Å². The standard InChI is InChI=1S/C10H11BrN2/c1-10(13,7-12)6-8-3-2-4-9(11)5-8/h2-5H,6,13H2,1H3. The minimum absolute atomic E-state index is 0.572. The number of hydrogen-bond donors (Lipinski definition) is 1. The Kier molecular flexibility index (Phi) is 3.07. The topological polar surface area (TPSA) is 49.8 Å². The molecule has 2 N–H and O–H groups in total. The third-order valence-corrected chi connectivity index (χ3v) is 2.21. The van der Waals surface area contributed by atoms with E-state index in [1.165, 1.54) is 0 Å². The summed E-state index contributed by atoms with van der Waals surface area (Å²) < 4.78 is 1.01. The Labute approximate surface area is 86.5 Å². The van der Waals surface area contributed by atoms with Crippen molar-refractivity contribution in [3.8, 4) is 6.07 Å². The summed E-state index contributed by atoms with van der Waals surface area (Å²) >= 11 is 3.37. The largest absolute Gasteiger partial charge is 0.313 e. The first-order chi connectivity index (χ1) is 6.03. The van der Waals surface area contributed by atoms with Gasteiger partial charge >= 0.3 is 0 Å². The van der Waals surface area contributed by atoms with Gasteiger partial charge in [-0.05, 0) is 24.6 Å². The van der Waals surface area contributed by atoms with E-state index >= 15 is 0 Å². The maximum atomic E-state index is 8.74. The molecule has 1 aromatic carbocycles. The van der Waals surface area contributed by atoms with Crippen molar-refractivity contribution in [2.24, 2.45) is 5.73 Å². The Morgan fingerprint density at radius 2 is 2.31 bits per heavy atom. The van der Waals surface area contributed by atoms with Crippen LogP contribution in [-0.2, 0) is 6.42 Å². The van der Waals surface area contributed by atoms with E-state index in [0.717, 1.165) is 10.0 Å². The molecule has 2 nitrogen and oxygen atoms in total. The normalized spacial score (nSPS) is 14.6. The van der Waals surface area contributed by atoms with Crippen molar-refractivity contribution in [3.05, 3.63) is 34.3 Å². The molecule has 0 bridgehead atoms. The number of nitriles is 1. The van der Waals surface area contributed by atoms with E-state index < -0.39 is 5.54 Å². The highest BCUT2D eigenvalue weighted by Crippen LogP contribution is 2.15. The van der Waals surface area contributed by atoms with E-state index in [1.54, 1.807) is 6.92 Å². The Morgan fingerprint density at radius 1 is 1.62 bits per heavy atom. The van der Waals surface area contributed by atoms with Gasteiger partial charge in [0, 0.05) is 10.9 Å². The molecule has 0 saturated carbocycles. The van der Waals surface area contributed by atoms with E-state index in [0.29, 0.717) is 6.42 Å². The van der Waals surface area contributed by atoms with E-state index in [1.807, 2.05) is 24.3 Å². The molecule has 3 heteroatoms. The average Bonchev–Trinajstić information content (AvgIpc) is 2.03. The van der Waals surface area contributed by atoms with Crippen LogP contribution in [0.1, 0.15) is 12.5 Å². The highest BCUT2D eigenvalue weighted by Gasteiger charge is 2.17. The molecule has 0 aliphatic carbocycles. The Hall–Kier alpha value is -0.850. The van der Waals surface area contributed by atoms with Gasteiger partial charge in [-0.25, -0.2) is 0 Å². The van der Waals surface area contributed by atoms with Crippen molar-refractivity contribution in [2.75, 3.05) is 0 Å². The third kappa shape index (κ3) is 3.17. The van der Waals surface area contributed by atoms with Crippen LogP contribution in [0.25, 0.3) is 0 Å². The predicted molar refractivity (Wildman–Crippen MR) is 56.1 cm³/mol. The number of nitrogens with zero attached hydrogens (tertiary/aromatic N) is 1. The van der Waals surface area contributed by atoms with Crippen LogP contribution >= 0.6 is 15.9 Å². The van der Waals surface area contributed by atoms with E-state index in [-0.39, 0.29) is 0 Å². The van der Waals surface area contributed by atoms with Crippen LogP contribution in [0.15, 0.2) is 28.7 Å². The van der Waals surface area contributed by atoms with Crippen LogP contribution in [0.3, 0.4) is 0 Å². The molecule has 1 aromatic rings. The van der Waals surface area contributed by atoms with Gasteiger partial charge in [-0.2, -0.15) is 5.26 Å². The van der Waals surface area contributed by atoms with Crippen LogP contribution < -0.4 is 5.73 Å².